The highest BCUT2D eigenvalue weighted by Gasteiger charge is 2.37. The zero-order valence-corrected chi connectivity index (χ0v) is 32.4. The van der Waals surface area contributed by atoms with Crippen LogP contribution in [0.3, 0.4) is 0 Å². The van der Waals surface area contributed by atoms with Gasteiger partial charge in [-0.25, -0.2) is 4.68 Å². The average Bonchev–Trinajstić information content (AvgIpc) is 3.70. The van der Waals surface area contributed by atoms with Gasteiger partial charge in [0.2, 0.25) is 0 Å². The van der Waals surface area contributed by atoms with E-state index in [4.69, 9.17) is 9.73 Å². The summed E-state index contributed by atoms with van der Waals surface area (Å²) in [5.41, 5.74) is 2.83. The van der Waals surface area contributed by atoms with Crippen molar-refractivity contribution in [2.24, 2.45) is 16.8 Å². The molecule has 0 radical (unpaired) electrons. The first-order chi connectivity index (χ1) is 25.3. The van der Waals surface area contributed by atoms with Crippen LogP contribution in [0.4, 0.5) is 26.3 Å². The lowest BCUT2D eigenvalue weighted by Crippen LogP contribution is -2.20. The highest BCUT2D eigenvalue weighted by atomic mass is 31.1. The van der Waals surface area contributed by atoms with Crippen molar-refractivity contribution in [3.8, 4) is 17.3 Å². The van der Waals surface area contributed by atoms with E-state index in [-0.39, 0.29) is 29.6 Å². The summed E-state index contributed by atoms with van der Waals surface area (Å²) in [4.78, 5) is 4.92. The van der Waals surface area contributed by atoms with Gasteiger partial charge in [-0.2, -0.15) is 23.4 Å². The second kappa shape index (κ2) is 16.4. The van der Waals surface area contributed by atoms with Gasteiger partial charge in [0, 0.05) is 34.5 Å². The summed E-state index contributed by atoms with van der Waals surface area (Å²) >= 11 is 0. The first-order valence-electron chi connectivity index (χ1n) is 17.4. The third-order valence-corrected chi connectivity index (χ3v) is 9.84. The third kappa shape index (κ3) is 10.1. The van der Waals surface area contributed by atoms with Gasteiger partial charge in [-0.3, -0.25) is 9.67 Å². The maximum Gasteiger partial charge on any atom is 0.573 e. The van der Waals surface area contributed by atoms with E-state index in [2.05, 4.69) is 35.7 Å². The molecule has 14 heteroatoms. The summed E-state index contributed by atoms with van der Waals surface area (Å²) < 4.78 is 94.8. The Labute approximate surface area is 312 Å². The van der Waals surface area contributed by atoms with E-state index in [1.165, 1.54) is 17.9 Å². The lowest BCUT2D eigenvalue weighted by atomic mass is 10.0. The van der Waals surface area contributed by atoms with Crippen LogP contribution < -0.4 is 14.8 Å². The van der Waals surface area contributed by atoms with Crippen LogP contribution >= 0.6 is 7.92 Å². The Balaban J connectivity index is 0.00000133. The molecule has 0 N–H and O–H groups in total. The van der Waals surface area contributed by atoms with Crippen molar-refractivity contribution >= 4 is 35.5 Å². The number of benzene rings is 3. The van der Waals surface area contributed by atoms with Crippen molar-refractivity contribution in [2.45, 2.75) is 66.5 Å². The zero-order valence-electron chi connectivity index (χ0n) is 31.5. The molecule has 2 aromatic heterocycles. The molecule has 1 aliphatic carbocycles. The van der Waals surface area contributed by atoms with Gasteiger partial charge >= 0.3 is 12.5 Å². The Kier molecular flexibility index (Phi) is 12.3. The molecule has 0 aliphatic heterocycles. The Hall–Kier alpha value is -4.64. The maximum absolute atomic E-state index is 14.2. The lowest BCUT2D eigenvalue weighted by Gasteiger charge is -2.17. The number of halogens is 6. The van der Waals surface area contributed by atoms with Crippen molar-refractivity contribution in [2.75, 3.05) is 20.4 Å². The molecule has 6 rings (SSSR count). The Morgan fingerprint density at radius 2 is 1.57 bits per heavy atom. The molecule has 0 amide bonds. The van der Waals surface area contributed by atoms with Crippen LogP contribution in [0.1, 0.15) is 69.8 Å². The summed E-state index contributed by atoms with van der Waals surface area (Å²) in [5, 5.41) is 10.2. The largest absolute Gasteiger partial charge is 0.573 e. The number of aromatic nitrogens is 4. The van der Waals surface area contributed by atoms with Crippen molar-refractivity contribution in [3.63, 3.8) is 0 Å². The smallest absolute Gasteiger partial charge is 0.497 e. The van der Waals surface area contributed by atoms with Gasteiger partial charge in [0.15, 0.2) is 5.82 Å². The van der Waals surface area contributed by atoms with Gasteiger partial charge in [-0.15, -0.1) is 13.2 Å². The summed E-state index contributed by atoms with van der Waals surface area (Å²) in [6, 6.07) is 17.8. The third-order valence-electron chi connectivity index (χ3n) is 8.53. The molecule has 0 atom stereocenters. The van der Waals surface area contributed by atoms with Crippen LogP contribution in [0.5, 0.6) is 11.5 Å². The quantitative estimate of drug-likeness (QED) is 0.0806. The lowest BCUT2D eigenvalue weighted by molar-refractivity contribution is -0.274. The molecular formula is C40H44F6N5O2P. The van der Waals surface area contributed by atoms with Gasteiger partial charge in [0.05, 0.1) is 24.9 Å². The van der Waals surface area contributed by atoms with Gasteiger partial charge in [0.1, 0.15) is 17.2 Å². The molecule has 1 aliphatic rings. The molecule has 0 saturated heterocycles. The highest BCUT2D eigenvalue weighted by molar-refractivity contribution is 7.64. The summed E-state index contributed by atoms with van der Waals surface area (Å²) in [6.07, 6.45) is -6.08. The van der Waals surface area contributed by atoms with E-state index < -0.39 is 26.2 Å². The summed E-state index contributed by atoms with van der Waals surface area (Å²) in [5.74, 6) is 1.30. The minimum Gasteiger partial charge on any atom is -0.497 e. The number of allylic oxidation sites excluding steroid dienone is 1. The molecule has 1 fully saturated rings. The predicted molar refractivity (Wildman–Crippen MR) is 204 cm³/mol. The van der Waals surface area contributed by atoms with E-state index >= 15 is 0 Å². The number of nitrogens with zero attached hydrogens (tertiary/aromatic N) is 5. The minimum atomic E-state index is -4.89. The average molecular weight is 772 g/mol. The molecular weight excluding hydrogens is 727 g/mol. The molecule has 0 spiro atoms. The van der Waals surface area contributed by atoms with Crippen molar-refractivity contribution in [1.82, 2.24) is 19.6 Å². The molecule has 7 nitrogen and oxygen atoms in total. The fraction of sp³-hybridized carbons (Fsp3) is 0.375. The van der Waals surface area contributed by atoms with Gasteiger partial charge in [-0.1, -0.05) is 59.0 Å². The van der Waals surface area contributed by atoms with E-state index in [1.54, 1.807) is 61.7 Å². The standard InChI is InChI=1S/C36H34F6N5O2P.C4H10/c1-21(24-11-12-24)34(43-22(2)27-16-15-26(50(4)5)17-31(27)49-36(40,41)42)28-7-6-8-30-29(28)20-47(44-30)33-18-32(35(37,38)39)46(45-33)19-23-9-13-25(48-3)14-10-23;1-4(2)3/h6-10,13-18,20,24H,11-12,19H2,1-5H3;4H,1-3H3/b34-21+,43-22?;. The number of aliphatic imine (C=N–C) groups is 1. The van der Waals surface area contributed by atoms with Crippen molar-refractivity contribution in [1.29, 1.82) is 0 Å². The molecule has 0 unspecified atom stereocenters. The molecule has 0 bridgehead atoms. The second-order valence-electron chi connectivity index (χ2n) is 14.1. The molecule has 288 valence electrons. The van der Waals surface area contributed by atoms with Crippen molar-refractivity contribution in [3.05, 3.63) is 101 Å². The van der Waals surface area contributed by atoms with Crippen LogP contribution in [-0.2, 0) is 12.7 Å². The molecule has 1 saturated carbocycles. The second-order valence-corrected chi connectivity index (χ2v) is 16.4. The number of hydrogen-bond acceptors (Lipinski definition) is 5. The number of rotatable bonds is 10. The number of fused-ring (bicyclic) bond motifs is 1. The predicted octanol–water partition coefficient (Wildman–Crippen LogP) is 10.9. The number of ether oxygens (including phenoxy) is 2. The SMILES string of the molecule is CC(C)C.COc1ccc(Cn2nc(-n3cc4c(/C(N=C(C)c5ccc(P(C)C)cc5OC(F)(F)F)=C(/C)C5CC5)cccc4n3)cc2C(F)(F)F)cc1. The monoisotopic (exact) mass is 771 g/mol. The number of methoxy groups -OCH3 is 1. The number of alkyl halides is 6. The van der Waals surface area contributed by atoms with E-state index in [9.17, 15) is 26.3 Å². The van der Waals surface area contributed by atoms with Gasteiger partial charge in [-0.05, 0) is 98.6 Å². The van der Waals surface area contributed by atoms with E-state index in [1.807, 2.05) is 26.3 Å². The van der Waals surface area contributed by atoms with Crippen LogP contribution in [0, 0.1) is 11.8 Å². The fourth-order valence-corrected chi connectivity index (χ4v) is 6.48. The minimum absolute atomic E-state index is 0.0297. The van der Waals surface area contributed by atoms with Gasteiger partial charge in [0.25, 0.3) is 0 Å². The van der Waals surface area contributed by atoms with Crippen molar-refractivity contribution < 1.29 is 35.8 Å². The molecule has 54 heavy (non-hydrogen) atoms. The Morgan fingerprint density at radius 1 is 0.907 bits per heavy atom. The van der Waals surface area contributed by atoms with Crippen LogP contribution in [0.25, 0.3) is 22.4 Å². The Bertz CT molecular complexity index is 2140. The summed E-state index contributed by atoms with van der Waals surface area (Å²) in [7, 11) is 0.818. The van der Waals surface area contributed by atoms with Crippen LogP contribution in [0.15, 0.2) is 83.5 Å². The molecule has 5 aromatic rings. The first-order valence-corrected chi connectivity index (χ1v) is 19.7. The highest BCUT2D eigenvalue weighted by Crippen LogP contribution is 2.42. The number of hydrogen-bond donors (Lipinski definition) is 0. The van der Waals surface area contributed by atoms with Crippen LogP contribution in [0.2, 0.25) is 0 Å². The Morgan fingerprint density at radius 3 is 2.15 bits per heavy atom. The maximum atomic E-state index is 14.2. The fourth-order valence-electron chi connectivity index (χ4n) is 5.73. The molecule has 3 aromatic carbocycles. The normalized spacial score (nSPS) is 14.3. The topological polar surface area (TPSA) is 66.5 Å². The summed E-state index contributed by atoms with van der Waals surface area (Å²) in [6.45, 7) is 13.8. The van der Waals surface area contributed by atoms with E-state index in [0.717, 1.165) is 40.4 Å². The van der Waals surface area contributed by atoms with Gasteiger partial charge < -0.3 is 9.47 Å². The van der Waals surface area contributed by atoms with E-state index in [0.29, 0.717) is 39.2 Å². The molecule has 2 heterocycles. The van der Waals surface area contributed by atoms with Crippen LogP contribution in [-0.4, -0.2) is 52.1 Å². The first kappa shape index (κ1) is 40.5. The zero-order chi connectivity index (χ0) is 39.5.